The van der Waals surface area contributed by atoms with Gasteiger partial charge in [0.25, 0.3) is 0 Å². The van der Waals surface area contributed by atoms with Crippen molar-refractivity contribution < 1.29 is 9.53 Å². The quantitative estimate of drug-likeness (QED) is 0.845. The Morgan fingerprint density at radius 2 is 2.05 bits per heavy atom. The molecule has 1 aliphatic rings. The van der Waals surface area contributed by atoms with Crippen molar-refractivity contribution in [3.05, 3.63) is 34.9 Å². The SMILES string of the molecule is CC(C)CC(NC(=O)[C@@H]1CC[C@H](CN)O1)c1ccc(Cl)cc1. The second kappa shape index (κ2) is 7.95. The van der Waals surface area contributed by atoms with Gasteiger partial charge in [-0.2, -0.15) is 0 Å². The van der Waals surface area contributed by atoms with E-state index in [4.69, 9.17) is 22.1 Å². The van der Waals surface area contributed by atoms with Gasteiger partial charge in [-0.05, 0) is 42.9 Å². The predicted molar refractivity (Wildman–Crippen MR) is 88.7 cm³/mol. The molecule has 122 valence electrons. The Balaban J connectivity index is 2.03. The fraction of sp³-hybridized carbons (Fsp3) is 0.588. The largest absolute Gasteiger partial charge is 0.364 e. The van der Waals surface area contributed by atoms with E-state index in [1.165, 1.54) is 0 Å². The highest BCUT2D eigenvalue weighted by atomic mass is 35.5. The van der Waals surface area contributed by atoms with E-state index in [9.17, 15) is 4.79 Å². The fourth-order valence-electron chi connectivity index (χ4n) is 2.78. The maximum absolute atomic E-state index is 12.4. The third-order valence-corrected chi connectivity index (χ3v) is 4.21. The molecule has 1 amide bonds. The third-order valence-electron chi connectivity index (χ3n) is 3.96. The summed E-state index contributed by atoms with van der Waals surface area (Å²) < 4.78 is 5.68. The number of carbonyl (C=O) groups excluding carboxylic acids is 1. The highest BCUT2D eigenvalue weighted by Gasteiger charge is 2.31. The van der Waals surface area contributed by atoms with Gasteiger partial charge >= 0.3 is 0 Å². The Labute approximate surface area is 137 Å². The lowest BCUT2D eigenvalue weighted by Gasteiger charge is -2.23. The molecule has 3 N–H and O–H groups in total. The Kier molecular flexibility index (Phi) is 6.24. The van der Waals surface area contributed by atoms with E-state index in [1.807, 2.05) is 24.3 Å². The molecule has 0 radical (unpaired) electrons. The number of halogens is 1. The van der Waals surface area contributed by atoms with Crippen LogP contribution in [0.3, 0.4) is 0 Å². The first kappa shape index (κ1) is 17.3. The molecule has 22 heavy (non-hydrogen) atoms. The van der Waals surface area contributed by atoms with Crippen LogP contribution < -0.4 is 11.1 Å². The topological polar surface area (TPSA) is 64.4 Å². The number of hydrogen-bond acceptors (Lipinski definition) is 3. The van der Waals surface area contributed by atoms with E-state index in [2.05, 4.69) is 19.2 Å². The summed E-state index contributed by atoms with van der Waals surface area (Å²) in [6, 6.07) is 7.62. The first-order chi connectivity index (χ1) is 10.5. The predicted octanol–water partition coefficient (Wildman–Crippen LogP) is 3.05. The lowest BCUT2D eigenvalue weighted by atomic mass is 9.96. The second-order valence-corrected chi connectivity index (χ2v) is 6.74. The molecule has 0 bridgehead atoms. The van der Waals surface area contributed by atoms with Gasteiger partial charge < -0.3 is 15.8 Å². The van der Waals surface area contributed by atoms with E-state index in [1.54, 1.807) is 0 Å². The maximum atomic E-state index is 12.4. The zero-order chi connectivity index (χ0) is 16.1. The summed E-state index contributed by atoms with van der Waals surface area (Å²) in [6.45, 7) is 4.76. The van der Waals surface area contributed by atoms with Crippen molar-refractivity contribution in [3.63, 3.8) is 0 Å². The zero-order valence-corrected chi connectivity index (χ0v) is 14.0. The summed E-state index contributed by atoms with van der Waals surface area (Å²) in [6.07, 6.45) is 2.10. The van der Waals surface area contributed by atoms with Crippen molar-refractivity contribution >= 4 is 17.5 Å². The van der Waals surface area contributed by atoms with Crippen LogP contribution in [0, 0.1) is 5.92 Å². The van der Waals surface area contributed by atoms with Crippen molar-refractivity contribution in [1.82, 2.24) is 5.32 Å². The average molecular weight is 325 g/mol. The van der Waals surface area contributed by atoms with E-state index in [0.29, 0.717) is 17.5 Å². The first-order valence-corrected chi connectivity index (χ1v) is 8.28. The Hall–Kier alpha value is -1.10. The minimum atomic E-state index is -0.379. The molecule has 1 saturated heterocycles. The molecule has 1 fully saturated rings. The van der Waals surface area contributed by atoms with Crippen molar-refractivity contribution in [2.75, 3.05) is 6.54 Å². The van der Waals surface area contributed by atoms with Crippen LogP contribution in [0.5, 0.6) is 0 Å². The van der Waals surface area contributed by atoms with Crippen LogP contribution in [-0.4, -0.2) is 24.7 Å². The van der Waals surface area contributed by atoms with E-state index >= 15 is 0 Å². The molecule has 2 rings (SSSR count). The van der Waals surface area contributed by atoms with E-state index in [-0.39, 0.29) is 24.2 Å². The molecule has 0 aliphatic carbocycles. The van der Waals surface area contributed by atoms with Gasteiger partial charge in [-0.25, -0.2) is 0 Å². The highest BCUT2D eigenvalue weighted by molar-refractivity contribution is 6.30. The normalized spacial score (nSPS) is 22.8. The van der Waals surface area contributed by atoms with E-state index < -0.39 is 0 Å². The fourth-order valence-corrected chi connectivity index (χ4v) is 2.91. The van der Waals surface area contributed by atoms with Gasteiger partial charge in [0.05, 0.1) is 12.1 Å². The monoisotopic (exact) mass is 324 g/mol. The van der Waals surface area contributed by atoms with Crippen molar-refractivity contribution in [2.24, 2.45) is 11.7 Å². The molecular formula is C17H25ClN2O2. The number of hydrogen-bond donors (Lipinski definition) is 2. The number of nitrogens with two attached hydrogens (primary N) is 1. The molecule has 1 aromatic carbocycles. The Bertz CT molecular complexity index is 490. The summed E-state index contributed by atoms with van der Waals surface area (Å²) in [5, 5.41) is 3.82. The summed E-state index contributed by atoms with van der Waals surface area (Å²) in [5.41, 5.74) is 6.67. The minimum absolute atomic E-state index is 0.00910. The number of benzene rings is 1. The van der Waals surface area contributed by atoms with Gasteiger partial charge in [0, 0.05) is 11.6 Å². The van der Waals surface area contributed by atoms with Crippen LogP contribution in [0.15, 0.2) is 24.3 Å². The molecule has 1 aromatic rings. The van der Waals surface area contributed by atoms with Gasteiger partial charge in [0.1, 0.15) is 6.10 Å². The number of nitrogens with one attached hydrogen (secondary N) is 1. The average Bonchev–Trinajstić information content (AvgIpc) is 2.96. The molecule has 1 aliphatic heterocycles. The smallest absolute Gasteiger partial charge is 0.249 e. The third kappa shape index (κ3) is 4.70. The molecule has 0 aromatic heterocycles. The van der Waals surface area contributed by atoms with Crippen LogP contribution in [-0.2, 0) is 9.53 Å². The highest BCUT2D eigenvalue weighted by Crippen LogP contribution is 2.25. The van der Waals surface area contributed by atoms with Crippen LogP contribution in [0.4, 0.5) is 0 Å². The van der Waals surface area contributed by atoms with Crippen LogP contribution >= 0.6 is 11.6 Å². The summed E-state index contributed by atoms with van der Waals surface area (Å²) in [5.74, 6) is 0.429. The lowest BCUT2D eigenvalue weighted by molar-refractivity contribution is -0.132. The minimum Gasteiger partial charge on any atom is -0.364 e. The standard InChI is InChI=1S/C17H25ClN2O2/c1-11(2)9-15(12-3-5-13(18)6-4-12)20-17(21)16-8-7-14(10-19)22-16/h3-6,11,14-16H,7-10,19H2,1-2H3,(H,20,21)/t14-,15?,16+/m1/s1. The van der Waals surface area contributed by atoms with Crippen LogP contribution in [0.25, 0.3) is 0 Å². The summed E-state index contributed by atoms with van der Waals surface area (Å²) in [4.78, 5) is 12.4. The Morgan fingerprint density at radius 3 is 2.59 bits per heavy atom. The molecule has 4 nitrogen and oxygen atoms in total. The maximum Gasteiger partial charge on any atom is 0.249 e. The molecule has 1 unspecified atom stereocenters. The van der Waals surface area contributed by atoms with Gasteiger partial charge in [-0.3, -0.25) is 4.79 Å². The molecule has 1 heterocycles. The molecule has 0 saturated carbocycles. The van der Waals surface area contributed by atoms with Crippen LogP contribution in [0.1, 0.15) is 44.7 Å². The molecular weight excluding hydrogens is 300 g/mol. The van der Waals surface area contributed by atoms with Gasteiger partial charge in [0.15, 0.2) is 0 Å². The van der Waals surface area contributed by atoms with Gasteiger partial charge in [-0.15, -0.1) is 0 Å². The van der Waals surface area contributed by atoms with Gasteiger partial charge in [0.2, 0.25) is 5.91 Å². The van der Waals surface area contributed by atoms with Crippen molar-refractivity contribution in [1.29, 1.82) is 0 Å². The van der Waals surface area contributed by atoms with Crippen molar-refractivity contribution in [3.8, 4) is 0 Å². The Morgan fingerprint density at radius 1 is 1.36 bits per heavy atom. The number of rotatable bonds is 6. The molecule has 5 heteroatoms. The summed E-state index contributed by atoms with van der Waals surface area (Å²) in [7, 11) is 0. The zero-order valence-electron chi connectivity index (χ0n) is 13.2. The van der Waals surface area contributed by atoms with Crippen molar-refractivity contribution in [2.45, 2.75) is 51.4 Å². The summed E-state index contributed by atoms with van der Waals surface area (Å²) >= 11 is 5.94. The molecule has 0 spiro atoms. The number of ether oxygens (including phenoxy) is 1. The number of carbonyl (C=O) groups is 1. The lowest BCUT2D eigenvalue weighted by Crippen LogP contribution is -2.38. The molecule has 3 atom stereocenters. The first-order valence-electron chi connectivity index (χ1n) is 7.91. The van der Waals surface area contributed by atoms with Gasteiger partial charge in [-0.1, -0.05) is 37.6 Å². The van der Waals surface area contributed by atoms with E-state index in [0.717, 1.165) is 24.8 Å². The number of amides is 1. The second-order valence-electron chi connectivity index (χ2n) is 6.30. The van der Waals surface area contributed by atoms with Crippen LogP contribution in [0.2, 0.25) is 5.02 Å².